The molecule has 0 unspecified atom stereocenters. The van der Waals surface area contributed by atoms with Gasteiger partial charge in [0, 0.05) is 11.3 Å². The van der Waals surface area contributed by atoms with E-state index in [1.54, 1.807) is 16.0 Å². The first-order valence-corrected chi connectivity index (χ1v) is 7.72. The first-order valence-electron chi connectivity index (χ1n) is 6.84. The predicted molar refractivity (Wildman–Crippen MR) is 84.9 cm³/mol. The molecule has 3 aromatic rings. The van der Waals surface area contributed by atoms with Crippen molar-refractivity contribution in [2.75, 3.05) is 0 Å². The van der Waals surface area contributed by atoms with E-state index < -0.39 is 5.97 Å². The third-order valence-corrected chi connectivity index (χ3v) is 4.57. The number of carboxylic acids is 1. The number of carboxylic acid groups (broad SMARTS) is 1. The number of benzene rings is 1. The van der Waals surface area contributed by atoms with Gasteiger partial charge in [-0.2, -0.15) is 0 Å². The number of aromatic carboxylic acids is 1. The van der Waals surface area contributed by atoms with Crippen LogP contribution in [0.15, 0.2) is 35.7 Å². The number of rotatable bonds is 4. The molecule has 0 aliphatic carbocycles. The minimum Gasteiger partial charge on any atom is -0.476 e. The lowest BCUT2D eigenvalue weighted by Gasteiger charge is -2.11. The normalized spacial score (nSPS) is 10.8. The number of hydrogen-bond acceptors (Lipinski definition) is 4. The minimum atomic E-state index is -1.05. The molecule has 0 atom stereocenters. The Balaban J connectivity index is 2.15. The van der Waals surface area contributed by atoms with Crippen molar-refractivity contribution in [2.24, 2.45) is 0 Å². The molecule has 0 spiro atoms. The molecule has 0 radical (unpaired) electrons. The zero-order chi connectivity index (χ0) is 15.7. The standard InChI is InChI=1S/C16H15N3O2S/c1-10-5-3-7-13(11(10)2)19-14(9-12-6-4-8-22-12)15(16(20)21)17-18-19/h3-8H,9H2,1-2H3,(H,20,21). The van der Waals surface area contributed by atoms with E-state index in [1.165, 1.54) is 0 Å². The zero-order valence-corrected chi connectivity index (χ0v) is 13.1. The molecule has 112 valence electrons. The summed E-state index contributed by atoms with van der Waals surface area (Å²) in [6.07, 6.45) is 0.500. The fourth-order valence-corrected chi connectivity index (χ4v) is 3.07. The zero-order valence-electron chi connectivity index (χ0n) is 12.3. The van der Waals surface area contributed by atoms with E-state index in [4.69, 9.17) is 0 Å². The first kappa shape index (κ1) is 14.5. The third kappa shape index (κ3) is 2.53. The highest BCUT2D eigenvalue weighted by Crippen LogP contribution is 2.23. The summed E-state index contributed by atoms with van der Waals surface area (Å²) in [4.78, 5) is 12.5. The Kier molecular flexibility index (Phi) is 3.77. The van der Waals surface area contributed by atoms with Crippen LogP contribution in [0, 0.1) is 13.8 Å². The highest BCUT2D eigenvalue weighted by atomic mass is 32.1. The molecular formula is C16H15N3O2S. The van der Waals surface area contributed by atoms with E-state index in [-0.39, 0.29) is 5.69 Å². The molecule has 1 N–H and O–H groups in total. The molecule has 0 saturated heterocycles. The van der Waals surface area contributed by atoms with Crippen molar-refractivity contribution < 1.29 is 9.90 Å². The summed E-state index contributed by atoms with van der Waals surface area (Å²) in [5, 5.41) is 19.3. The molecule has 0 aliphatic rings. The second-order valence-corrected chi connectivity index (χ2v) is 6.11. The van der Waals surface area contributed by atoms with Gasteiger partial charge in [0.15, 0.2) is 5.69 Å². The molecule has 1 aromatic carbocycles. The van der Waals surface area contributed by atoms with Crippen LogP contribution in [0.4, 0.5) is 0 Å². The van der Waals surface area contributed by atoms with E-state index in [2.05, 4.69) is 10.3 Å². The number of thiophene rings is 1. The summed E-state index contributed by atoms with van der Waals surface area (Å²) in [7, 11) is 0. The van der Waals surface area contributed by atoms with Gasteiger partial charge in [0.25, 0.3) is 0 Å². The molecule has 3 rings (SSSR count). The summed E-state index contributed by atoms with van der Waals surface area (Å²) < 4.78 is 1.64. The van der Waals surface area contributed by atoms with Crippen molar-refractivity contribution in [3.63, 3.8) is 0 Å². The average Bonchev–Trinajstić information content (AvgIpc) is 3.12. The second-order valence-electron chi connectivity index (χ2n) is 5.08. The van der Waals surface area contributed by atoms with Crippen molar-refractivity contribution in [1.82, 2.24) is 15.0 Å². The Labute approximate surface area is 131 Å². The van der Waals surface area contributed by atoms with Crippen LogP contribution < -0.4 is 0 Å². The van der Waals surface area contributed by atoms with E-state index >= 15 is 0 Å². The van der Waals surface area contributed by atoms with Crippen molar-refractivity contribution in [3.05, 3.63) is 63.1 Å². The van der Waals surface area contributed by atoms with Crippen LogP contribution in [0.25, 0.3) is 5.69 Å². The summed E-state index contributed by atoms with van der Waals surface area (Å²) in [5.74, 6) is -1.05. The van der Waals surface area contributed by atoms with Crippen molar-refractivity contribution in [1.29, 1.82) is 0 Å². The molecule has 0 aliphatic heterocycles. The average molecular weight is 313 g/mol. The molecule has 0 amide bonds. The maximum absolute atomic E-state index is 11.4. The SMILES string of the molecule is Cc1cccc(-n2nnc(C(=O)O)c2Cc2cccs2)c1C. The lowest BCUT2D eigenvalue weighted by molar-refractivity contribution is 0.0689. The molecule has 6 heteroatoms. The molecule has 0 fully saturated rings. The molecular weight excluding hydrogens is 298 g/mol. The Bertz CT molecular complexity index is 822. The Morgan fingerprint density at radius 3 is 2.77 bits per heavy atom. The molecule has 0 saturated carbocycles. The van der Waals surface area contributed by atoms with Gasteiger partial charge in [-0.05, 0) is 42.5 Å². The van der Waals surface area contributed by atoms with E-state index in [1.807, 2.05) is 49.6 Å². The maximum atomic E-state index is 11.4. The van der Waals surface area contributed by atoms with Crippen LogP contribution in [0.1, 0.15) is 32.2 Å². The molecule has 2 heterocycles. The topological polar surface area (TPSA) is 68.0 Å². The Morgan fingerprint density at radius 1 is 1.27 bits per heavy atom. The number of aromatic nitrogens is 3. The second kappa shape index (κ2) is 5.73. The summed E-state index contributed by atoms with van der Waals surface area (Å²) in [6, 6.07) is 9.82. The number of nitrogens with zero attached hydrogens (tertiary/aromatic N) is 3. The fourth-order valence-electron chi connectivity index (χ4n) is 2.36. The van der Waals surface area contributed by atoms with Gasteiger partial charge < -0.3 is 5.11 Å². The van der Waals surface area contributed by atoms with Gasteiger partial charge >= 0.3 is 5.97 Å². The van der Waals surface area contributed by atoms with E-state index in [9.17, 15) is 9.90 Å². The first-order chi connectivity index (χ1) is 10.6. The van der Waals surface area contributed by atoms with Gasteiger partial charge in [0.1, 0.15) is 0 Å². The largest absolute Gasteiger partial charge is 0.476 e. The van der Waals surface area contributed by atoms with Gasteiger partial charge in [0.2, 0.25) is 0 Å². The molecule has 0 bridgehead atoms. The summed E-state index contributed by atoms with van der Waals surface area (Å²) in [6.45, 7) is 4.02. The van der Waals surface area contributed by atoms with Crippen LogP contribution in [-0.4, -0.2) is 26.1 Å². The van der Waals surface area contributed by atoms with Gasteiger partial charge in [-0.1, -0.05) is 23.4 Å². The highest BCUT2D eigenvalue weighted by molar-refractivity contribution is 7.09. The maximum Gasteiger partial charge on any atom is 0.358 e. The number of aryl methyl sites for hydroxylation is 1. The van der Waals surface area contributed by atoms with Crippen LogP contribution in [0.5, 0.6) is 0 Å². The van der Waals surface area contributed by atoms with Gasteiger partial charge in [0.05, 0.1) is 11.4 Å². The summed E-state index contributed by atoms with van der Waals surface area (Å²) in [5.41, 5.74) is 3.67. The van der Waals surface area contributed by atoms with Crippen molar-refractivity contribution >= 4 is 17.3 Å². The van der Waals surface area contributed by atoms with Crippen LogP contribution in [0.3, 0.4) is 0 Å². The van der Waals surface area contributed by atoms with Gasteiger partial charge in [-0.3, -0.25) is 0 Å². The third-order valence-electron chi connectivity index (χ3n) is 3.69. The molecule has 5 nitrogen and oxygen atoms in total. The smallest absolute Gasteiger partial charge is 0.358 e. The van der Waals surface area contributed by atoms with Crippen LogP contribution in [0.2, 0.25) is 0 Å². The van der Waals surface area contributed by atoms with Crippen LogP contribution in [-0.2, 0) is 6.42 Å². The quantitative estimate of drug-likeness (QED) is 0.803. The van der Waals surface area contributed by atoms with E-state index in [0.717, 1.165) is 21.7 Å². The molecule has 2 aromatic heterocycles. The highest BCUT2D eigenvalue weighted by Gasteiger charge is 2.21. The lowest BCUT2D eigenvalue weighted by atomic mass is 10.1. The lowest BCUT2D eigenvalue weighted by Crippen LogP contribution is -2.08. The monoisotopic (exact) mass is 313 g/mol. The van der Waals surface area contributed by atoms with Crippen molar-refractivity contribution in [2.45, 2.75) is 20.3 Å². The number of hydrogen-bond donors (Lipinski definition) is 1. The van der Waals surface area contributed by atoms with Crippen LogP contribution >= 0.6 is 11.3 Å². The fraction of sp³-hybridized carbons (Fsp3) is 0.188. The predicted octanol–water partition coefficient (Wildman–Crippen LogP) is 3.23. The van der Waals surface area contributed by atoms with E-state index in [0.29, 0.717) is 12.1 Å². The summed E-state index contributed by atoms with van der Waals surface area (Å²) >= 11 is 1.59. The van der Waals surface area contributed by atoms with Gasteiger partial charge in [-0.25, -0.2) is 9.48 Å². The van der Waals surface area contributed by atoms with Crippen molar-refractivity contribution in [3.8, 4) is 5.69 Å². The minimum absolute atomic E-state index is 0.00862. The van der Waals surface area contributed by atoms with Gasteiger partial charge in [-0.15, -0.1) is 16.4 Å². The molecule has 22 heavy (non-hydrogen) atoms. The Morgan fingerprint density at radius 2 is 2.09 bits per heavy atom. The number of carbonyl (C=O) groups is 1. The Hall–Kier alpha value is -2.47.